The highest BCUT2D eigenvalue weighted by atomic mass is 16.5. The van der Waals surface area contributed by atoms with Gasteiger partial charge in [-0.05, 0) is 39.0 Å². The molecule has 0 radical (unpaired) electrons. The summed E-state index contributed by atoms with van der Waals surface area (Å²) in [5, 5.41) is 13.3. The van der Waals surface area contributed by atoms with Crippen LogP contribution in [0.5, 0.6) is 11.6 Å². The number of fused-ring (bicyclic) bond motifs is 1. The third kappa shape index (κ3) is 2.69. The third-order valence-corrected chi connectivity index (χ3v) is 3.09. The van der Waals surface area contributed by atoms with Crippen LogP contribution in [0.25, 0.3) is 10.9 Å². The molecule has 0 aliphatic heterocycles. The van der Waals surface area contributed by atoms with Crippen molar-refractivity contribution in [3.8, 4) is 11.6 Å². The number of carbonyl (C=O) groups is 2. The second-order valence-corrected chi connectivity index (χ2v) is 5.11. The fourth-order valence-corrected chi connectivity index (χ4v) is 2.29. The van der Waals surface area contributed by atoms with E-state index in [9.17, 15) is 14.7 Å². The number of nitrogens with two attached hydrogens (primary N) is 1. The Kier molecular flexibility index (Phi) is 4.25. The van der Waals surface area contributed by atoms with Crippen LogP contribution in [0, 0.1) is 0 Å². The van der Waals surface area contributed by atoms with E-state index in [0.29, 0.717) is 23.3 Å². The van der Waals surface area contributed by atoms with Crippen LogP contribution in [0.4, 0.5) is 4.79 Å². The molecule has 0 aliphatic carbocycles. The summed E-state index contributed by atoms with van der Waals surface area (Å²) in [5.74, 6) is -0.421. The van der Waals surface area contributed by atoms with Gasteiger partial charge in [0.1, 0.15) is 11.3 Å². The molecule has 0 bridgehead atoms. The molecule has 1 aromatic carbocycles. The van der Waals surface area contributed by atoms with Crippen LogP contribution in [0.2, 0.25) is 0 Å². The van der Waals surface area contributed by atoms with Crippen molar-refractivity contribution < 1.29 is 19.4 Å². The standard InChI is InChI=1S/C15H19N3O4/c1-4-22-9-5-6-11-10(7-9)12(13(19)17-8(2)3)14(20)18(11)15(16)21/h5-8,20H,4H2,1-3H3,(H2,16,21)(H,17,19). The lowest BCUT2D eigenvalue weighted by Crippen LogP contribution is -2.30. The summed E-state index contributed by atoms with van der Waals surface area (Å²) in [6, 6.07) is 3.85. The average Bonchev–Trinajstić information content (AvgIpc) is 2.69. The lowest BCUT2D eigenvalue weighted by molar-refractivity contribution is 0.0942. The minimum Gasteiger partial charge on any atom is -0.494 e. The Bertz CT molecular complexity index is 734. The maximum absolute atomic E-state index is 12.3. The second-order valence-electron chi connectivity index (χ2n) is 5.11. The van der Waals surface area contributed by atoms with Crippen molar-refractivity contribution in [3.05, 3.63) is 23.8 Å². The van der Waals surface area contributed by atoms with E-state index >= 15 is 0 Å². The van der Waals surface area contributed by atoms with E-state index in [1.54, 1.807) is 32.0 Å². The van der Waals surface area contributed by atoms with E-state index in [1.807, 2.05) is 6.92 Å². The largest absolute Gasteiger partial charge is 0.494 e. The average molecular weight is 305 g/mol. The summed E-state index contributed by atoms with van der Waals surface area (Å²) in [6.45, 7) is 5.89. The quantitative estimate of drug-likeness (QED) is 0.800. The fourth-order valence-electron chi connectivity index (χ4n) is 2.29. The highest BCUT2D eigenvalue weighted by molar-refractivity contribution is 6.12. The fraction of sp³-hybridized carbons (Fsp3) is 0.333. The van der Waals surface area contributed by atoms with Gasteiger partial charge in [0.2, 0.25) is 5.88 Å². The lowest BCUT2D eigenvalue weighted by atomic mass is 10.1. The molecule has 0 spiro atoms. The van der Waals surface area contributed by atoms with Gasteiger partial charge in [-0.25, -0.2) is 9.36 Å². The lowest BCUT2D eigenvalue weighted by Gasteiger charge is -2.08. The summed E-state index contributed by atoms with van der Waals surface area (Å²) in [5.41, 5.74) is 5.65. The number of ether oxygens (including phenoxy) is 1. The first-order valence-corrected chi connectivity index (χ1v) is 6.97. The predicted molar refractivity (Wildman–Crippen MR) is 82.4 cm³/mol. The van der Waals surface area contributed by atoms with Crippen LogP contribution in [-0.4, -0.2) is 34.3 Å². The molecule has 22 heavy (non-hydrogen) atoms. The molecule has 7 heteroatoms. The first-order chi connectivity index (χ1) is 10.4. The molecule has 7 nitrogen and oxygen atoms in total. The Morgan fingerprint density at radius 2 is 2.09 bits per heavy atom. The van der Waals surface area contributed by atoms with Crippen LogP contribution in [0.1, 0.15) is 31.1 Å². The molecule has 0 saturated heterocycles. The van der Waals surface area contributed by atoms with E-state index in [-0.39, 0.29) is 11.6 Å². The zero-order valence-corrected chi connectivity index (χ0v) is 12.7. The number of aromatic nitrogens is 1. The number of primary amides is 1. The van der Waals surface area contributed by atoms with E-state index in [4.69, 9.17) is 10.5 Å². The van der Waals surface area contributed by atoms with Crippen molar-refractivity contribution in [2.45, 2.75) is 26.8 Å². The van der Waals surface area contributed by atoms with Crippen molar-refractivity contribution in [3.63, 3.8) is 0 Å². The molecule has 1 heterocycles. The van der Waals surface area contributed by atoms with Crippen LogP contribution < -0.4 is 15.8 Å². The monoisotopic (exact) mass is 305 g/mol. The summed E-state index contributed by atoms with van der Waals surface area (Å²) in [7, 11) is 0. The Morgan fingerprint density at radius 3 is 2.64 bits per heavy atom. The number of nitrogens with one attached hydrogen (secondary N) is 1. The molecule has 4 N–H and O–H groups in total. The van der Waals surface area contributed by atoms with E-state index in [1.165, 1.54) is 0 Å². The molecule has 2 amide bonds. The number of nitrogens with zero attached hydrogens (tertiary/aromatic N) is 1. The third-order valence-electron chi connectivity index (χ3n) is 3.09. The normalized spacial score (nSPS) is 10.9. The van der Waals surface area contributed by atoms with E-state index in [0.717, 1.165) is 4.57 Å². The Morgan fingerprint density at radius 1 is 1.41 bits per heavy atom. The second kappa shape index (κ2) is 5.97. The number of hydrogen-bond donors (Lipinski definition) is 3. The zero-order valence-electron chi connectivity index (χ0n) is 12.7. The topological polar surface area (TPSA) is 107 Å². The predicted octanol–water partition coefficient (Wildman–Crippen LogP) is 1.81. The van der Waals surface area contributed by atoms with Crippen molar-refractivity contribution in [2.24, 2.45) is 5.73 Å². The minimum atomic E-state index is -0.866. The first kappa shape index (κ1) is 15.7. The number of aromatic hydroxyl groups is 1. The maximum Gasteiger partial charge on any atom is 0.326 e. The number of benzene rings is 1. The van der Waals surface area contributed by atoms with Gasteiger partial charge in [0.05, 0.1) is 12.1 Å². The summed E-state index contributed by atoms with van der Waals surface area (Å²) in [6.07, 6.45) is 0. The molecule has 118 valence electrons. The van der Waals surface area contributed by atoms with Gasteiger partial charge >= 0.3 is 6.03 Å². The van der Waals surface area contributed by atoms with Gasteiger partial charge in [0, 0.05) is 11.4 Å². The van der Waals surface area contributed by atoms with Gasteiger partial charge < -0.3 is 20.9 Å². The molecule has 0 saturated carbocycles. The van der Waals surface area contributed by atoms with Gasteiger partial charge in [-0.3, -0.25) is 4.79 Å². The van der Waals surface area contributed by atoms with Crippen LogP contribution in [-0.2, 0) is 0 Å². The number of amides is 2. The SMILES string of the molecule is CCOc1ccc2c(c1)c(C(=O)NC(C)C)c(O)n2C(N)=O. The van der Waals surface area contributed by atoms with Crippen molar-refractivity contribution in [1.29, 1.82) is 0 Å². The maximum atomic E-state index is 12.3. The van der Waals surface area contributed by atoms with Gasteiger partial charge in [0.25, 0.3) is 5.91 Å². The number of hydrogen-bond acceptors (Lipinski definition) is 4. The summed E-state index contributed by atoms with van der Waals surface area (Å²) < 4.78 is 6.30. The molecule has 0 unspecified atom stereocenters. The molecular weight excluding hydrogens is 286 g/mol. The molecule has 0 aliphatic rings. The smallest absolute Gasteiger partial charge is 0.326 e. The van der Waals surface area contributed by atoms with E-state index < -0.39 is 17.8 Å². The Labute approximate surface area is 127 Å². The Balaban J connectivity index is 2.71. The van der Waals surface area contributed by atoms with E-state index in [2.05, 4.69) is 5.32 Å². The number of carbonyl (C=O) groups excluding carboxylic acids is 2. The van der Waals surface area contributed by atoms with Crippen molar-refractivity contribution in [1.82, 2.24) is 9.88 Å². The molecule has 2 rings (SSSR count). The molecule has 0 atom stereocenters. The highest BCUT2D eigenvalue weighted by Crippen LogP contribution is 2.33. The van der Waals surface area contributed by atoms with Crippen LogP contribution in [0.15, 0.2) is 18.2 Å². The first-order valence-electron chi connectivity index (χ1n) is 6.97. The van der Waals surface area contributed by atoms with Gasteiger partial charge in [-0.2, -0.15) is 0 Å². The van der Waals surface area contributed by atoms with Crippen molar-refractivity contribution >= 4 is 22.8 Å². The van der Waals surface area contributed by atoms with Crippen LogP contribution in [0.3, 0.4) is 0 Å². The van der Waals surface area contributed by atoms with Crippen molar-refractivity contribution in [2.75, 3.05) is 6.61 Å². The number of rotatable bonds is 4. The Hall–Kier alpha value is -2.70. The zero-order chi connectivity index (χ0) is 16.4. The van der Waals surface area contributed by atoms with Gasteiger partial charge in [-0.1, -0.05) is 0 Å². The molecule has 0 fully saturated rings. The highest BCUT2D eigenvalue weighted by Gasteiger charge is 2.25. The van der Waals surface area contributed by atoms with Gasteiger partial charge in [-0.15, -0.1) is 0 Å². The summed E-state index contributed by atoms with van der Waals surface area (Å²) >= 11 is 0. The minimum absolute atomic E-state index is 0.00375. The molecule has 2 aromatic rings. The van der Waals surface area contributed by atoms with Gasteiger partial charge in [0.15, 0.2) is 0 Å². The summed E-state index contributed by atoms with van der Waals surface area (Å²) in [4.78, 5) is 23.9. The molecule has 1 aromatic heterocycles. The molecular formula is C15H19N3O4. The van der Waals surface area contributed by atoms with Crippen LogP contribution >= 0.6 is 0 Å².